The monoisotopic (exact) mass is 396 g/mol. The quantitative estimate of drug-likeness (QED) is 0.388. The fraction of sp³-hybridized carbons (Fsp3) is 0.714. The molecule has 0 aromatic heterocycles. The highest BCUT2D eigenvalue weighted by molar-refractivity contribution is 9.09. The Balaban J connectivity index is 3.80. The Morgan fingerprint density at radius 3 is 2.47 bits per heavy atom. The lowest BCUT2D eigenvalue weighted by Crippen LogP contribution is -2.15. The minimum absolute atomic E-state index is 0.0748. The number of ether oxygens (including phenoxy) is 1. The maximum atomic E-state index is 11.8. The number of hydrogen-bond acceptors (Lipinski definition) is 3. The van der Waals surface area contributed by atoms with E-state index in [4.69, 9.17) is 4.74 Å². The zero-order valence-electron chi connectivity index (χ0n) is 11.5. The Bertz CT molecular complexity index is 303. The van der Waals surface area contributed by atoms with Crippen LogP contribution in [0.15, 0.2) is 12.2 Å². The first-order chi connectivity index (χ1) is 8.99. The van der Waals surface area contributed by atoms with Crippen molar-refractivity contribution in [3.8, 4) is 0 Å². The van der Waals surface area contributed by atoms with Gasteiger partial charge in [0.2, 0.25) is 0 Å². The van der Waals surface area contributed by atoms with Crippen molar-refractivity contribution in [2.45, 2.75) is 55.8 Å². The summed E-state index contributed by atoms with van der Waals surface area (Å²) in [5, 5.41) is -0.242. The highest BCUT2D eigenvalue weighted by atomic mass is 79.9. The molecule has 5 heteroatoms. The lowest BCUT2D eigenvalue weighted by Gasteiger charge is -2.11. The molecule has 3 nitrogen and oxygen atoms in total. The number of rotatable bonds is 11. The van der Waals surface area contributed by atoms with E-state index in [1.807, 2.05) is 26.0 Å². The predicted molar refractivity (Wildman–Crippen MR) is 85.0 cm³/mol. The average Bonchev–Trinajstić information content (AvgIpc) is 2.35. The number of ketones is 2. The lowest BCUT2D eigenvalue weighted by atomic mass is 10.1. The molecule has 0 aliphatic heterocycles. The van der Waals surface area contributed by atoms with E-state index >= 15 is 0 Å². The van der Waals surface area contributed by atoms with E-state index in [9.17, 15) is 9.59 Å². The third kappa shape index (κ3) is 11.5. The summed E-state index contributed by atoms with van der Waals surface area (Å²) in [6.45, 7) is 4.28. The molecule has 0 fully saturated rings. The van der Waals surface area contributed by atoms with E-state index in [-0.39, 0.29) is 21.4 Å². The Morgan fingerprint density at radius 2 is 1.89 bits per heavy atom. The van der Waals surface area contributed by atoms with Gasteiger partial charge in [0.1, 0.15) is 16.6 Å². The summed E-state index contributed by atoms with van der Waals surface area (Å²) < 4.78 is 5.39. The molecule has 0 N–H and O–H groups in total. The second-order valence-corrected chi connectivity index (χ2v) is 6.60. The standard InChI is InChI=1S/C14H22Br2O3/c1-3-5-8-19-14(16)10-13(18)9-11(15)6-7-12(17)4-2/h3,5,11,14H,4,6-10H2,1-2H3/b5-3+. The minimum atomic E-state index is -0.242. The number of Topliss-reactive ketones (excluding diaryl/α,β-unsaturated/α-hetero) is 2. The molecule has 0 aromatic carbocycles. The number of halogens is 2. The molecule has 0 saturated heterocycles. The van der Waals surface area contributed by atoms with Crippen molar-refractivity contribution < 1.29 is 14.3 Å². The Kier molecular flexibility index (Phi) is 11.8. The molecule has 19 heavy (non-hydrogen) atoms. The number of carbonyl (C=O) groups excluding carboxylic acids is 2. The summed E-state index contributed by atoms with van der Waals surface area (Å²) in [7, 11) is 0. The molecule has 0 aliphatic rings. The van der Waals surface area contributed by atoms with E-state index in [1.165, 1.54) is 0 Å². The largest absolute Gasteiger partial charge is 0.362 e. The summed E-state index contributed by atoms with van der Waals surface area (Å²) >= 11 is 6.78. The first-order valence-corrected chi connectivity index (χ1v) is 8.37. The van der Waals surface area contributed by atoms with Crippen LogP contribution in [-0.2, 0) is 14.3 Å². The first-order valence-electron chi connectivity index (χ1n) is 6.53. The highest BCUT2D eigenvalue weighted by Crippen LogP contribution is 2.17. The molecule has 0 aliphatic carbocycles. The van der Waals surface area contributed by atoms with Crippen LogP contribution in [0.5, 0.6) is 0 Å². The van der Waals surface area contributed by atoms with Gasteiger partial charge in [-0.1, -0.05) is 50.9 Å². The van der Waals surface area contributed by atoms with Gasteiger partial charge in [-0.2, -0.15) is 0 Å². The third-order valence-corrected chi connectivity index (χ3v) is 3.95. The van der Waals surface area contributed by atoms with Gasteiger partial charge < -0.3 is 4.74 Å². The van der Waals surface area contributed by atoms with Crippen LogP contribution in [0.3, 0.4) is 0 Å². The van der Waals surface area contributed by atoms with Crippen LogP contribution >= 0.6 is 31.9 Å². The van der Waals surface area contributed by atoms with Crippen molar-refractivity contribution in [2.75, 3.05) is 6.61 Å². The van der Waals surface area contributed by atoms with Crippen LogP contribution < -0.4 is 0 Å². The fourth-order valence-corrected chi connectivity index (χ4v) is 2.52. The smallest absolute Gasteiger partial charge is 0.137 e. The molecule has 0 aromatic rings. The van der Waals surface area contributed by atoms with Crippen molar-refractivity contribution >= 4 is 43.4 Å². The topological polar surface area (TPSA) is 43.4 Å². The van der Waals surface area contributed by atoms with Gasteiger partial charge >= 0.3 is 0 Å². The summed E-state index contributed by atoms with van der Waals surface area (Å²) in [6, 6.07) is 0. The molecule has 0 rings (SSSR count). The van der Waals surface area contributed by atoms with Crippen LogP contribution in [0.25, 0.3) is 0 Å². The molecule has 0 bridgehead atoms. The molecule has 0 radical (unpaired) electrons. The van der Waals surface area contributed by atoms with Crippen LogP contribution in [0.2, 0.25) is 0 Å². The number of alkyl halides is 2. The third-order valence-electron chi connectivity index (χ3n) is 2.58. The van der Waals surface area contributed by atoms with Crippen molar-refractivity contribution in [1.82, 2.24) is 0 Å². The maximum Gasteiger partial charge on any atom is 0.137 e. The first kappa shape index (κ1) is 19.0. The van der Waals surface area contributed by atoms with E-state index in [1.54, 1.807) is 0 Å². The molecule has 2 unspecified atom stereocenters. The molecule has 2 atom stereocenters. The van der Waals surface area contributed by atoms with Crippen LogP contribution in [0.4, 0.5) is 0 Å². The zero-order valence-corrected chi connectivity index (χ0v) is 14.7. The van der Waals surface area contributed by atoms with Crippen molar-refractivity contribution in [3.63, 3.8) is 0 Å². The SMILES string of the molecule is C/C=C/COC(Br)CC(=O)CC(Br)CCC(=O)CC. The second-order valence-electron chi connectivity index (χ2n) is 4.29. The minimum Gasteiger partial charge on any atom is -0.362 e. The summed E-state index contributed by atoms with van der Waals surface area (Å²) in [5.74, 6) is 0.373. The van der Waals surface area contributed by atoms with Gasteiger partial charge in [-0.05, 0) is 13.3 Å². The van der Waals surface area contributed by atoms with Gasteiger partial charge in [-0.15, -0.1) is 0 Å². The zero-order chi connectivity index (χ0) is 14.7. The van der Waals surface area contributed by atoms with Gasteiger partial charge in [0.05, 0.1) is 6.61 Å². The number of hydrogen-bond donors (Lipinski definition) is 0. The normalized spacial score (nSPS) is 14.5. The van der Waals surface area contributed by atoms with Crippen LogP contribution in [-0.4, -0.2) is 28.0 Å². The van der Waals surface area contributed by atoms with Crippen molar-refractivity contribution in [2.24, 2.45) is 0 Å². The summed E-state index contributed by atoms with van der Waals surface area (Å²) in [6.07, 6.45) is 6.40. The van der Waals surface area contributed by atoms with Crippen LogP contribution in [0.1, 0.15) is 46.0 Å². The fourth-order valence-electron chi connectivity index (χ4n) is 1.42. The predicted octanol–water partition coefficient (Wildman–Crippen LogP) is 4.17. The number of carbonyl (C=O) groups is 2. The summed E-state index contributed by atoms with van der Waals surface area (Å²) in [4.78, 5) is 23.0. The van der Waals surface area contributed by atoms with Crippen molar-refractivity contribution in [3.05, 3.63) is 12.2 Å². The average molecular weight is 398 g/mol. The van der Waals surface area contributed by atoms with Gasteiger partial charge in [0.25, 0.3) is 0 Å². The van der Waals surface area contributed by atoms with Gasteiger partial charge in [0, 0.05) is 30.5 Å². The summed E-state index contributed by atoms with van der Waals surface area (Å²) in [5.41, 5.74) is 0. The molecular formula is C14H22Br2O3. The van der Waals surface area contributed by atoms with E-state index in [0.717, 1.165) is 0 Å². The van der Waals surface area contributed by atoms with E-state index < -0.39 is 0 Å². The molecule has 0 saturated carbocycles. The Hall–Kier alpha value is -0.0000000000000000555. The molecule has 0 amide bonds. The Labute approximate surface area is 132 Å². The molecule has 0 heterocycles. The second kappa shape index (κ2) is 11.8. The molecule has 110 valence electrons. The van der Waals surface area contributed by atoms with Gasteiger partial charge in [-0.25, -0.2) is 0 Å². The van der Waals surface area contributed by atoms with E-state index in [0.29, 0.717) is 38.7 Å². The molecular weight excluding hydrogens is 376 g/mol. The van der Waals surface area contributed by atoms with E-state index in [2.05, 4.69) is 31.9 Å². The van der Waals surface area contributed by atoms with Crippen molar-refractivity contribution in [1.29, 1.82) is 0 Å². The maximum absolute atomic E-state index is 11.8. The Morgan fingerprint density at radius 1 is 1.21 bits per heavy atom. The molecule has 0 spiro atoms. The highest BCUT2D eigenvalue weighted by Gasteiger charge is 2.15. The van der Waals surface area contributed by atoms with Crippen LogP contribution in [0, 0.1) is 0 Å². The lowest BCUT2D eigenvalue weighted by molar-refractivity contribution is -0.121. The van der Waals surface area contributed by atoms with Gasteiger partial charge in [0.15, 0.2) is 0 Å². The van der Waals surface area contributed by atoms with Gasteiger partial charge in [-0.3, -0.25) is 9.59 Å². The number of allylic oxidation sites excluding steroid dienone is 1.